The Labute approximate surface area is 93.2 Å². The van der Waals surface area contributed by atoms with E-state index in [0.29, 0.717) is 5.56 Å². The van der Waals surface area contributed by atoms with E-state index in [1.165, 1.54) is 0 Å². The first-order valence-electron chi connectivity index (χ1n) is 3.71. The minimum atomic E-state index is -1.04. The van der Waals surface area contributed by atoms with Crippen LogP contribution in [0.3, 0.4) is 0 Å². The molecule has 0 aliphatic heterocycles. The fraction of sp³-hybridized carbons (Fsp3) is 0.111. The van der Waals surface area contributed by atoms with Crippen LogP contribution in [0.4, 0.5) is 0 Å². The Kier molecular flexibility index (Phi) is 5.38. The van der Waals surface area contributed by atoms with E-state index >= 15 is 0 Å². The average Bonchev–Trinajstić information content (AvgIpc) is 2.17. The number of hydrogen-bond donors (Lipinski definition) is 2. The molecule has 0 saturated heterocycles. The fourth-order valence-corrected chi connectivity index (χ4v) is 1.02. The van der Waals surface area contributed by atoms with Crippen LogP contribution in [0.2, 0.25) is 0 Å². The summed E-state index contributed by atoms with van der Waals surface area (Å²) in [6.45, 7) is 0. The van der Waals surface area contributed by atoms with E-state index < -0.39 is 11.3 Å². The molecule has 0 spiro atoms. The van der Waals surface area contributed by atoms with Gasteiger partial charge in [-0.2, -0.15) is 0 Å². The van der Waals surface area contributed by atoms with E-state index in [0.717, 1.165) is 0 Å². The molecule has 0 aliphatic carbocycles. The molecule has 14 heavy (non-hydrogen) atoms. The monoisotopic (exact) mass is 232 g/mol. The van der Waals surface area contributed by atoms with E-state index in [1.807, 2.05) is 6.07 Å². The molecule has 0 aromatic heterocycles. The lowest BCUT2D eigenvalue weighted by Gasteiger charge is -2.07. The molecule has 1 unspecified atom stereocenters. The lowest BCUT2D eigenvalue weighted by atomic mass is 10.1. The Morgan fingerprint density at radius 1 is 1.36 bits per heavy atom. The van der Waals surface area contributed by atoms with Gasteiger partial charge in [0.2, 0.25) is 5.24 Å². The van der Waals surface area contributed by atoms with Crippen LogP contribution in [0, 0.1) is 5.41 Å². The topological polar surface area (TPSA) is 66.9 Å². The zero-order chi connectivity index (χ0) is 9.84. The highest BCUT2D eigenvalue weighted by molar-refractivity contribution is 6.67. The summed E-state index contributed by atoms with van der Waals surface area (Å²) < 4.78 is 0. The number of rotatable bonds is 3. The van der Waals surface area contributed by atoms with E-state index in [-0.39, 0.29) is 18.1 Å². The maximum Gasteiger partial charge on any atom is 0.244 e. The van der Waals surface area contributed by atoms with Crippen molar-refractivity contribution in [2.75, 3.05) is 0 Å². The van der Waals surface area contributed by atoms with Gasteiger partial charge in [0.15, 0.2) is 0 Å². The van der Waals surface area contributed by atoms with Crippen LogP contribution < -0.4 is 5.73 Å². The molecule has 0 saturated carbocycles. The smallest absolute Gasteiger partial charge is 0.244 e. The molecular formula is C9H10Cl2N2O. The number of carbonyl (C=O) groups excluding carboxylic acids is 1. The quantitative estimate of drug-likeness (QED) is 0.614. The lowest BCUT2D eigenvalue weighted by Crippen LogP contribution is -2.35. The van der Waals surface area contributed by atoms with Crippen molar-refractivity contribution in [3.8, 4) is 0 Å². The minimum absolute atomic E-state index is 0. The van der Waals surface area contributed by atoms with Gasteiger partial charge in [0.1, 0.15) is 6.04 Å². The molecule has 0 bridgehead atoms. The van der Waals surface area contributed by atoms with Gasteiger partial charge in [0, 0.05) is 0 Å². The predicted octanol–water partition coefficient (Wildman–Crippen LogP) is 1.57. The van der Waals surface area contributed by atoms with Gasteiger partial charge >= 0.3 is 0 Å². The molecule has 1 rings (SSSR count). The second-order valence-corrected chi connectivity index (χ2v) is 2.93. The summed E-state index contributed by atoms with van der Waals surface area (Å²) in [6, 6.07) is 7.75. The first-order chi connectivity index (χ1) is 6.13. The van der Waals surface area contributed by atoms with Gasteiger partial charge in [0.25, 0.3) is 0 Å². The molecule has 5 heteroatoms. The van der Waals surface area contributed by atoms with Crippen LogP contribution in [-0.2, 0) is 4.79 Å². The number of nitrogens with two attached hydrogens (primary N) is 1. The zero-order valence-corrected chi connectivity index (χ0v) is 8.81. The van der Waals surface area contributed by atoms with Gasteiger partial charge in [-0.1, -0.05) is 30.3 Å². The number of nitrogens with one attached hydrogen (secondary N) is 1. The van der Waals surface area contributed by atoms with Crippen LogP contribution in [0.5, 0.6) is 0 Å². The molecule has 3 N–H and O–H groups in total. The molecule has 0 amide bonds. The van der Waals surface area contributed by atoms with Crippen molar-refractivity contribution >= 4 is 35.0 Å². The molecular weight excluding hydrogens is 223 g/mol. The van der Waals surface area contributed by atoms with Crippen LogP contribution >= 0.6 is 24.0 Å². The van der Waals surface area contributed by atoms with Gasteiger partial charge in [-0.3, -0.25) is 4.79 Å². The highest BCUT2D eigenvalue weighted by atomic mass is 35.5. The molecule has 1 atom stereocenters. The Morgan fingerprint density at radius 2 is 1.86 bits per heavy atom. The third-order valence-corrected chi connectivity index (χ3v) is 1.88. The van der Waals surface area contributed by atoms with Gasteiger partial charge in [-0.25, -0.2) is 0 Å². The lowest BCUT2D eigenvalue weighted by molar-refractivity contribution is -0.111. The standard InChI is InChI=1S/C9H9ClN2O.ClH/c10-9(13)8(12)7(11)6-4-2-1-3-5-6;/h1-5,8,11H,12H2;1H. The molecule has 1 aromatic rings. The maximum atomic E-state index is 10.7. The van der Waals surface area contributed by atoms with Crippen molar-refractivity contribution in [2.45, 2.75) is 6.04 Å². The molecule has 1 aromatic carbocycles. The Hall–Kier alpha value is -0.900. The average molecular weight is 233 g/mol. The van der Waals surface area contributed by atoms with Gasteiger partial charge in [-0.15, -0.1) is 12.4 Å². The summed E-state index contributed by atoms with van der Waals surface area (Å²) in [5.41, 5.74) is 6.04. The SMILES string of the molecule is Cl.N=C(c1ccccc1)C(N)C(=O)Cl. The number of hydrogen-bond acceptors (Lipinski definition) is 3. The second kappa shape index (κ2) is 5.75. The summed E-state index contributed by atoms with van der Waals surface area (Å²) in [5.74, 6) is 0. The summed E-state index contributed by atoms with van der Waals surface area (Å²) in [6.07, 6.45) is 0. The molecule has 0 aliphatic rings. The van der Waals surface area contributed by atoms with Crippen molar-refractivity contribution in [3.05, 3.63) is 35.9 Å². The molecule has 0 radical (unpaired) electrons. The van der Waals surface area contributed by atoms with Crippen LogP contribution in [-0.4, -0.2) is 17.0 Å². The van der Waals surface area contributed by atoms with Crippen molar-refractivity contribution in [1.82, 2.24) is 0 Å². The fourth-order valence-electron chi connectivity index (χ4n) is 0.911. The highest BCUT2D eigenvalue weighted by Crippen LogP contribution is 2.03. The van der Waals surface area contributed by atoms with E-state index in [9.17, 15) is 4.79 Å². The van der Waals surface area contributed by atoms with Crippen molar-refractivity contribution in [1.29, 1.82) is 5.41 Å². The maximum absolute atomic E-state index is 10.7. The minimum Gasteiger partial charge on any atom is -0.315 e. The number of benzene rings is 1. The largest absolute Gasteiger partial charge is 0.315 e. The second-order valence-electron chi connectivity index (χ2n) is 2.56. The van der Waals surface area contributed by atoms with Crippen molar-refractivity contribution in [2.24, 2.45) is 5.73 Å². The van der Waals surface area contributed by atoms with E-state index in [1.54, 1.807) is 24.3 Å². The first kappa shape index (κ1) is 13.1. The van der Waals surface area contributed by atoms with Crippen LogP contribution in [0.15, 0.2) is 30.3 Å². The number of carbonyl (C=O) groups is 1. The Balaban J connectivity index is 0.00000169. The Morgan fingerprint density at radius 3 is 2.29 bits per heavy atom. The van der Waals surface area contributed by atoms with E-state index in [4.69, 9.17) is 22.7 Å². The number of halogens is 2. The highest BCUT2D eigenvalue weighted by Gasteiger charge is 2.17. The van der Waals surface area contributed by atoms with Gasteiger partial charge in [0.05, 0.1) is 5.71 Å². The molecule has 3 nitrogen and oxygen atoms in total. The molecule has 0 heterocycles. The van der Waals surface area contributed by atoms with Crippen molar-refractivity contribution in [3.63, 3.8) is 0 Å². The van der Waals surface area contributed by atoms with Crippen LogP contribution in [0.25, 0.3) is 0 Å². The summed E-state index contributed by atoms with van der Waals surface area (Å²) in [4.78, 5) is 10.7. The summed E-state index contributed by atoms with van der Waals surface area (Å²) in [7, 11) is 0. The van der Waals surface area contributed by atoms with Crippen molar-refractivity contribution < 1.29 is 4.79 Å². The molecule has 76 valence electrons. The zero-order valence-electron chi connectivity index (χ0n) is 7.24. The van der Waals surface area contributed by atoms with Gasteiger partial charge in [-0.05, 0) is 17.2 Å². The predicted molar refractivity (Wildman–Crippen MR) is 59.4 cm³/mol. The first-order valence-corrected chi connectivity index (χ1v) is 4.09. The van der Waals surface area contributed by atoms with Crippen LogP contribution in [0.1, 0.15) is 5.56 Å². The summed E-state index contributed by atoms with van der Waals surface area (Å²) in [5, 5.41) is 6.82. The Bertz CT molecular complexity index is 327. The third-order valence-electron chi connectivity index (χ3n) is 1.64. The normalized spacial score (nSPS) is 11.3. The third kappa shape index (κ3) is 3.10. The molecule has 0 fully saturated rings. The summed E-state index contributed by atoms with van der Waals surface area (Å²) >= 11 is 5.17. The van der Waals surface area contributed by atoms with Gasteiger partial charge < -0.3 is 11.1 Å². The van der Waals surface area contributed by atoms with E-state index in [2.05, 4.69) is 0 Å².